The number of aliphatic carboxylic acids is 1. The van der Waals surface area contributed by atoms with Crippen molar-refractivity contribution in [2.24, 2.45) is 17.6 Å². The van der Waals surface area contributed by atoms with Gasteiger partial charge in [-0.25, -0.2) is 0 Å². The molecule has 0 aliphatic rings. The summed E-state index contributed by atoms with van der Waals surface area (Å²) in [4.78, 5) is 34.4. The molecule has 7 nitrogen and oxygen atoms in total. The molecule has 5 N–H and O–H groups in total. The standard InChI is InChI=1S/C20H33N2O5P/c1-15(2)19(22-18(23)12-11-16-8-4-3-5-9-16)28(26,27)14-17(20(24)25)10-6-7-13-21/h3-5,8-9,15,17,19H,6-7,10-14,21H2,1-2H3,(H,22,23)(H,24,25)(H,26,27). The number of amides is 1. The summed E-state index contributed by atoms with van der Waals surface area (Å²) in [6.07, 6.45) is 1.93. The Morgan fingerprint density at radius 3 is 2.36 bits per heavy atom. The molecule has 0 bridgehead atoms. The molecule has 0 saturated heterocycles. The molecule has 1 aromatic rings. The van der Waals surface area contributed by atoms with Crippen molar-refractivity contribution in [3.8, 4) is 0 Å². The first kappa shape index (κ1) is 24.3. The molecule has 1 amide bonds. The van der Waals surface area contributed by atoms with Gasteiger partial charge in [0.15, 0.2) is 0 Å². The average molecular weight is 412 g/mol. The Morgan fingerprint density at radius 1 is 1.18 bits per heavy atom. The second-order valence-corrected chi connectivity index (χ2v) is 9.93. The number of nitrogens with two attached hydrogens (primary N) is 1. The van der Waals surface area contributed by atoms with Gasteiger partial charge in [0, 0.05) is 12.6 Å². The molecular weight excluding hydrogens is 379 g/mol. The topological polar surface area (TPSA) is 130 Å². The third-order valence-electron chi connectivity index (χ3n) is 4.70. The average Bonchev–Trinajstić information content (AvgIpc) is 2.64. The minimum Gasteiger partial charge on any atom is -0.481 e. The number of benzene rings is 1. The van der Waals surface area contributed by atoms with E-state index in [1.165, 1.54) is 0 Å². The lowest BCUT2D eigenvalue weighted by atomic mass is 10.0. The summed E-state index contributed by atoms with van der Waals surface area (Å²) in [7, 11) is -3.91. The second-order valence-electron chi connectivity index (χ2n) is 7.50. The van der Waals surface area contributed by atoms with E-state index < -0.39 is 25.0 Å². The minimum atomic E-state index is -3.91. The van der Waals surface area contributed by atoms with E-state index in [1.807, 2.05) is 30.3 Å². The van der Waals surface area contributed by atoms with E-state index >= 15 is 0 Å². The van der Waals surface area contributed by atoms with Crippen LogP contribution in [0.15, 0.2) is 30.3 Å². The predicted molar refractivity (Wildman–Crippen MR) is 110 cm³/mol. The maximum absolute atomic E-state index is 13.0. The number of aryl methyl sites for hydroxylation is 1. The monoisotopic (exact) mass is 412 g/mol. The van der Waals surface area contributed by atoms with E-state index in [4.69, 9.17) is 5.73 Å². The van der Waals surface area contributed by atoms with Crippen molar-refractivity contribution in [2.45, 2.75) is 51.7 Å². The molecule has 8 heteroatoms. The van der Waals surface area contributed by atoms with Crippen LogP contribution in [0.2, 0.25) is 0 Å². The maximum atomic E-state index is 13.0. The summed E-state index contributed by atoms with van der Waals surface area (Å²) in [5, 5.41) is 12.1. The Kier molecular flexibility index (Phi) is 10.4. The highest BCUT2D eigenvalue weighted by atomic mass is 31.2. The third-order valence-corrected chi connectivity index (χ3v) is 7.26. The smallest absolute Gasteiger partial charge is 0.307 e. The van der Waals surface area contributed by atoms with Crippen molar-refractivity contribution in [1.29, 1.82) is 0 Å². The molecule has 0 aliphatic carbocycles. The fraction of sp³-hybridized carbons (Fsp3) is 0.600. The van der Waals surface area contributed by atoms with Gasteiger partial charge < -0.3 is 21.1 Å². The number of hydrogen-bond donors (Lipinski definition) is 4. The molecule has 28 heavy (non-hydrogen) atoms. The number of nitrogens with one attached hydrogen (secondary N) is 1. The SMILES string of the molecule is CC(C)C(NC(=O)CCc1ccccc1)P(=O)(O)CC(CCCCN)C(=O)O. The van der Waals surface area contributed by atoms with Crippen LogP contribution in [0.3, 0.4) is 0 Å². The lowest BCUT2D eigenvalue weighted by Gasteiger charge is -2.29. The van der Waals surface area contributed by atoms with E-state index in [0.29, 0.717) is 32.2 Å². The van der Waals surface area contributed by atoms with Gasteiger partial charge in [-0.1, -0.05) is 50.6 Å². The van der Waals surface area contributed by atoms with E-state index in [2.05, 4.69) is 5.32 Å². The van der Waals surface area contributed by atoms with Crippen molar-refractivity contribution in [3.63, 3.8) is 0 Å². The zero-order valence-corrected chi connectivity index (χ0v) is 17.6. The van der Waals surface area contributed by atoms with Gasteiger partial charge in [-0.2, -0.15) is 0 Å². The number of rotatable bonds is 13. The van der Waals surface area contributed by atoms with Crippen LogP contribution in [0.25, 0.3) is 0 Å². The van der Waals surface area contributed by atoms with Gasteiger partial charge in [-0.05, 0) is 37.3 Å². The quantitative estimate of drug-likeness (QED) is 0.291. The number of carboxylic acids is 1. The lowest BCUT2D eigenvalue weighted by molar-refractivity contribution is -0.141. The van der Waals surface area contributed by atoms with Gasteiger partial charge in [-0.3, -0.25) is 14.2 Å². The summed E-state index contributed by atoms with van der Waals surface area (Å²) >= 11 is 0. The summed E-state index contributed by atoms with van der Waals surface area (Å²) in [5.74, 6) is -3.59. The molecule has 0 saturated carbocycles. The normalized spacial score (nSPS) is 15.6. The predicted octanol–water partition coefficient (Wildman–Crippen LogP) is 2.82. The first-order chi connectivity index (χ1) is 13.2. The summed E-state index contributed by atoms with van der Waals surface area (Å²) in [5.41, 5.74) is 6.44. The van der Waals surface area contributed by atoms with Crippen molar-refractivity contribution in [1.82, 2.24) is 5.32 Å². The molecule has 158 valence electrons. The van der Waals surface area contributed by atoms with Crippen LogP contribution in [0.4, 0.5) is 0 Å². The lowest BCUT2D eigenvalue weighted by Crippen LogP contribution is -2.40. The van der Waals surface area contributed by atoms with Gasteiger partial charge in [-0.15, -0.1) is 0 Å². The van der Waals surface area contributed by atoms with Crippen LogP contribution in [0.1, 0.15) is 45.1 Å². The Hall–Kier alpha value is -1.69. The highest BCUT2D eigenvalue weighted by Gasteiger charge is 2.38. The zero-order valence-electron chi connectivity index (χ0n) is 16.7. The molecule has 0 fully saturated rings. The van der Waals surface area contributed by atoms with E-state index in [9.17, 15) is 24.2 Å². The van der Waals surface area contributed by atoms with Gasteiger partial charge in [0.05, 0.1) is 5.92 Å². The van der Waals surface area contributed by atoms with Crippen molar-refractivity contribution >= 4 is 19.2 Å². The Labute approximate surface area is 167 Å². The van der Waals surface area contributed by atoms with Gasteiger partial charge in [0.2, 0.25) is 13.3 Å². The van der Waals surface area contributed by atoms with Gasteiger partial charge >= 0.3 is 5.97 Å². The van der Waals surface area contributed by atoms with E-state index in [1.54, 1.807) is 13.8 Å². The van der Waals surface area contributed by atoms with Gasteiger partial charge in [0.1, 0.15) is 5.78 Å². The fourth-order valence-electron chi connectivity index (χ4n) is 3.13. The first-order valence-corrected chi connectivity index (χ1v) is 11.7. The third kappa shape index (κ3) is 8.55. The number of carboxylic acid groups (broad SMARTS) is 1. The largest absolute Gasteiger partial charge is 0.481 e. The number of unbranched alkanes of at least 4 members (excludes halogenated alkanes) is 1. The van der Waals surface area contributed by atoms with Crippen LogP contribution in [0, 0.1) is 11.8 Å². The number of carbonyl (C=O) groups is 2. The first-order valence-electron chi connectivity index (χ1n) is 9.75. The molecule has 1 rings (SSSR count). The Balaban J connectivity index is 2.73. The molecule has 0 aromatic heterocycles. The van der Waals surface area contributed by atoms with Gasteiger partial charge in [0.25, 0.3) is 0 Å². The van der Waals surface area contributed by atoms with Crippen LogP contribution >= 0.6 is 7.37 Å². The fourth-order valence-corrected chi connectivity index (χ4v) is 5.61. The summed E-state index contributed by atoms with van der Waals surface area (Å²) in [6.45, 7) is 3.94. The summed E-state index contributed by atoms with van der Waals surface area (Å²) < 4.78 is 13.0. The Bertz CT molecular complexity index is 666. The van der Waals surface area contributed by atoms with Crippen LogP contribution in [0.5, 0.6) is 0 Å². The number of hydrogen-bond acceptors (Lipinski definition) is 4. The van der Waals surface area contributed by atoms with Crippen LogP contribution in [-0.4, -0.2) is 40.4 Å². The van der Waals surface area contributed by atoms with Crippen LogP contribution in [-0.2, 0) is 20.6 Å². The zero-order chi connectivity index (χ0) is 21.2. The molecule has 0 aliphatic heterocycles. The highest BCUT2D eigenvalue weighted by Crippen LogP contribution is 2.50. The molecular formula is C20H33N2O5P. The van der Waals surface area contributed by atoms with E-state index in [-0.39, 0.29) is 24.4 Å². The highest BCUT2D eigenvalue weighted by molar-refractivity contribution is 7.58. The minimum absolute atomic E-state index is 0.200. The molecule has 1 aromatic carbocycles. The molecule has 3 unspecified atom stereocenters. The molecule has 0 spiro atoms. The Morgan fingerprint density at radius 2 is 1.82 bits per heavy atom. The van der Waals surface area contributed by atoms with Crippen molar-refractivity contribution < 1.29 is 24.2 Å². The van der Waals surface area contributed by atoms with E-state index in [0.717, 1.165) is 5.56 Å². The summed E-state index contributed by atoms with van der Waals surface area (Å²) in [6, 6.07) is 9.52. The molecule has 0 heterocycles. The molecule has 3 atom stereocenters. The maximum Gasteiger partial charge on any atom is 0.307 e. The van der Waals surface area contributed by atoms with Crippen molar-refractivity contribution in [2.75, 3.05) is 12.7 Å². The number of carbonyl (C=O) groups excluding carboxylic acids is 1. The van der Waals surface area contributed by atoms with Crippen LogP contribution < -0.4 is 11.1 Å². The molecule has 0 radical (unpaired) electrons. The second kappa shape index (κ2) is 12.0. The van der Waals surface area contributed by atoms with Crippen molar-refractivity contribution in [3.05, 3.63) is 35.9 Å².